The maximum absolute atomic E-state index is 11.4. The van der Waals surface area contributed by atoms with Crippen LogP contribution in [0.15, 0.2) is 18.2 Å². The van der Waals surface area contributed by atoms with E-state index < -0.39 is 0 Å². The Morgan fingerprint density at radius 2 is 2.18 bits per heavy atom. The number of benzene rings is 1. The van der Waals surface area contributed by atoms with Gasteiger partial charge in [-0.1, -0.05) is 30.1 Å². The number of amides is 1. The second-order valence-corrected chi connectivity index (χ2v) is 5.44. The lowest BCUT2D eigenvalue weighted by Crippen LogP contribution is -2.43. The predicted molar refractivity (Wildman–Crippen MR) is 70.6 cm³/mol. The molecule has 4 heteroatoms. The van der Waals surface area contributed by atoms with Crippen LogP contribution in [0.5, 0.6) is 0 Å². The Morgan fingerprint density at radius 1 is 1.41 bits per heavy atom. The largest absolute Gasteiger partial charge is 0.350 e. The molecule has 0 aromatic heterocycles. The van der Waals surface area contributed by atoms with Gasteiger partial charge in [-0.3, -0.25) is 4.79 Å². The van der Waals surface area contributed by atoms with Gasteiger partial charge in [-0.25, -0.2) is 0 Å². The lowest BCUT2D eigenvalue weighted by atomic mass is 9.87. The van der Waals surface area contributed by atoms with E-state index in [9.17, 15) is 4.79 Å². The molecule has 2 nitrogen and oxygen atoms in total. The Balaban J connectivity index is 2.24. The summed E-state index contributed by atoms with van der Waals surface area (Å²) in [4.78, 5) is 11.4. The molecule has 0 saturated carbocycles. The minimum Gasteiger partial charge on any atom is -0.350 e. The van der Waals surface area contributed by atoms with Crippen molar-refractivity contribution in [1.82, 2.24) is 5.32 Å². The highest BCUT2D eigenvalue weighted by molar-refractivity contribution is 6.33. The Morgan fingerprint density at radius 3 is 2.76 bits per heavy atom. The molecule has 1 aliphatic rings. The van der Waals surface area contributed by atoms with Crippen molar-refractivity contribution in [2.45, 2.75) is 38.1 Å². The number of halogens is 2. The quantitative estimate of drug-likeness (QED) is 0.895. The van der Waals surface area contributed by atoms with Gasteiger partial charge in [0, 0.05) is 22.0 Å². The summed E-state index contributed by atoms with van der Waals surface area (Å²) >= 11 is 12.1. The summed E-state index contributed by atoms with van der Waals surface area (Å²) in [5.74, 6) is 0.130. The molecule has 92 valence electrons. The fourth-order valence-electron chi connectivity index (χ4n) is 2.34. The molecular weight excluding hydrogens is 257 g/mol. The number of carbonyl (C=O) groups is 1. The SMILES string of the molecule is CCC1(Cc2cc(Cl)ccc2Cl)CCC(=O)N1. The average Bonchev–Trinajstić information content (AvgIpc) is 2.66. The van der Waals surface area contributed by atoms with Crippen molar-refractivity contribution < 1.29 is 4.79 Å². The van der Waals surface area contributed by atoms with Crippen molar-refractivity contribution in [3.05, 3.63) is 33.8 Å². The molecule has 1 unspecified atom stereocenters. The molecule has 1 aromatic carbocycles. The van der Waals surface area contributed by atoms with Gasteiger partial charge in [0.05, 0.1) is 0 Å². The summed E-state index contributed by atoms with van der Waals surface area (Å²) in [6.07, 6.45) is 3.12. The average molecular weight is 272 g/mol. The van der Waals surface area contributed by atoms with Crippen LogP contribution in [0.4, 0.5) is 0 Å². The van der Waals surface area contributed by atoms with Gasteiger partial charge in [0.25, 0.3) is 0 Å². The summed E-state index contributed by atoms with van der Waals surface area (Å²) in [5, 5.41) is 4.46. The minimum absolute atomic E-state index is 0.130. The summed E-state index contributed by atoms with van der Waals surface area (Å²) in [6.45, 7) is 2.09. The standard InChI is InChI=1S/C13H15Cl2NO/c1-2-13(6-5-12(17)16-13)8-9-7-10(14)3-4-11(9)15/h3-4,7H,2,5-6,8H2,1H3,(H,16,17). The highest BCUT2D eigenvalue weighted by Crippen LogP contribution is 2.31. The topological polar surface area (TPSA) is 29.1 Å². The van der Waals surface area contributed by atoms with E-state index >= 15 is 0 Å². The Kier molecular flexibility index (Phi) is 3.64. The number of hydrogen-bond acceptors (Lipinski definition) is 1. The summed E-state index contributed by atoms with van der Waals surface area (Å²) in [6, 6.07) is 5.46. The third-order valence-electron chi connectivity index (χ3n) is 3.45. The maximum atomic E-state index is 11.4. The van der Waals surface area contributed by atoms with E-state index in [1.165, 1.54) is 0 Å². The van der Waals surface area contributed by atoms with Gasteiger partial charge in [0.15, 0.2) is 0 Å². The van der Waals surface area contributed by atoms with Crippen molar-refractivity contribution in [2.24, 2.45) is 0 Å². The van der Waals surface area contributed by atoms with Gasteiger partial charge < -0.3 is 5.32 Å². The van der Waals surface area contributed by atoms with Crippen molar-refractivity contribution in [2.75, 3.05) is 0 Å². The van der Waals surface area contributed by atoms with Crippen LogP contribution in [0.25, 0.3) is 0 Å². The van der Waals surface area contributed by atoms with Crippen LogP contribution in [-0.4, -0.2) is 11.4 Å². The first kappa shape index (κ1) is 12.7. The molecule has 1 N–H and O–H groups in total. The lowest BCUT2D eigenvalue weighted by molar-refractivity contribution is -0.119. The van der Waals surface area contributed by atoms with Crippen LogP contribution in [0.1, 0.15) is 31.7 Å². The van der Waals surface area contributed by atoms with Crippen molar-refractivity contribution in [3.63, 3.8) is 0 Å². The van der Waals surface area contributed by atoms with E-state index in [1.54, 1.807) is 12.1 Å². The predicted octanol–water partition coefficient (Wildman–Crippen LogP) is 3.59. The van der Waals surface area contributed by atoms with E-state index in [4.69, 9.17) is 23.2 Å². The fourth-order valence-corrected chi connectivity index (χ4v) is 2.72. The second-order valence-electron chi connectivity index (χ2n) is 4.59. The first-order chi connectivity index (χ1) is 8.04. The third-order valence-corrected chi connectivity index (χ3v) is 4.05. The highest BCUT2D eigenvalue weighted by atomic mass is 35.5. The molecule has 1 aromatic rings. The Bertz CT molecular complexity index is 447. The van der Waals surface area contributed by atoms with Crippen LogP contribution in [0.3, 0.4) is 0 Å². The second kappa shape index (κ2) is 4.87. The zero-order valence-corrected chi connectivity index (χ0v) is 11.2. The number of carbonyl (C=O) groups excluding carboxylic acids is 1. The molecule has 1 atom stereocenters. The molecule has 0 bridgehead atoms. The summed E-state index contributed by atoms with van der Waals surface area (Å²) < 4.78 is 0. The first-order valence-corrected chi connectivity index (χ1v) is 6.55. The minimum atomic E-state index is -0.147. The number of rotatable bonds is 3. The first-order valence-electron chi connectivity index (χ1n) is 5.79. The normalized spacial score (nSPS) is 23.8. The van der Waals surface area contributed by atoms with E-state index in [2.05, 4.69) is 12.2 Å². The Labute approximate surface area is 111 Å². The van der Waals surface area contributed by atoms with Crippen LogP contribution in [0.2, 0.25) is 10.0 Å². The van der Waals surface area contributed by atoms with Gasteiger partial charge in [-0.2, -0.15) is 0 Å². The van der Waals surface area contributed by atoms with Gasteiger partial charge in [-0.15, -0.1) is 0 Å². The highest BCUT2D eigenvalue weighted by Gasteiger charge is 2.36. The molecule has 1 heterocycles. The van der Waals surface area contributed by atoms with Gasteiger partial charge in [-0.05, 0) is 43.0 Å². The molecule has 0 aliphatic carbocycles. The lowest BCUT2D eigenvalue weighted by Gasteiger charge is -2.28. The zero-order chi connectivity index (χ0) is 12.5. The molecule has 17 heavy (non-hydrogen) atoms. The number of nitrogens with one attached hydrogen (secondary N) is 1. The molecule has 0 radical (unpaired) electrons. The van der Waals surface area contributed by atoms with E-state index in [0.717, 1.165) is 24.8 Å². The molecular formula is C13H15Cl2NO. The number of hydrogen-bond donors (Lipinski definition) is 1. The molecule has 1 aliphatic heterocycles. The van der Waals surface area contributed by atoms with Crippen molar-refractivity contribution in [3.8, 4) is 0 Å². The van der Waals surface area contributed by atoms with Crippen molar-refractivity contribution >= 4 is 29.1 Å². The van der Waals surface area contributed by atoms with E-state index in [-0.39, 0.29) is 11.4 Å². The van der Waals surface area contributed by atoms with Crippen LogP contribution in [0, 0.1) is 0 Å². The van der Waals surface area contributed by atoms with Gasteiger partial charge >= 0.3 is 0 Å². The molecule has 2 rings (SSSR count). The third kappa shape index (κ3) is 2.75. The molecule has 1 saturated heterocycles. The Hall–Kier alpha value is -0.730. The van der Waals surface area contributed by atoms with Crippen LogP contribution in [-0.2, 0) is 11.2 Å². The van der Waals surface area contributed by atoms with Gasteiger partial charge in [0.1, 0.15) is 0 Å². The zero-order valence-electron chi connectivity index (χ0n) is 9.72. The van der Waals surface area contributed by atoms with E-state index in [1.807, 2.05) is 6.07 Å². The molecule has 1 amide bonds. The summed E-state index contributed by atoms with van der Waals surface area (Å²) in [7, 11) is 0. The molecule has 1 fully saturated rings. The van der Waals surface area contributed by atoms with Crippen molar-refractivity contribution in [1.29, 1.82) is 0 Å². The van der Waals surface area contributed by atoms with Gasteiger partial charge in [0.2, 0.25) is 5.91 Å². The monoisotopic (exact) mass is 271 g/mol. The van der Waals surface area contributed by atoms with E-state index in [0.29, 0.717) is 16.5 Å². The van der Waals surface area contributed by atoms with Crippen LogP contribution < -0.4 is 5.32 Å². The molecule has 0 spiro atoms. The smallest absolute Gasteiger partial charge is 0.220 e. The van der Waals surface area contributed by atoms with Crippen LogP contribution >= 0.6 is 23.2 Å². The summed E-state index contributed by atoms with van der Waals surface area (Å²) in [5.41, 5.74) is 0.856. The maximum Gasteiger partial charge on any atom is 0.220 e. The fraction of sp³-hybridized carbons (Fsp3) is 0.462.